The van der Waals surface area contributed by atoms with Crippen molar-refractivity contribution in [2.75, 3.05) is 31.1 Å². The molecule has 1 aliphatic rings. The van der Waals surface area contributed by atoms with Gasteiger partial charge in [0.1, 0.15) is 5.82 Å². The highest BCUT2D eigenvalue weighted by atomic mass is 16.2. The predicted octanol–water partition coefficient (Wildman–Crippen LogP) is 3.50. The lowest BCUT2D eigenvalue weighted by atomic mass is 10.1. The molecule has 1 fully saturated rings. The van der Waals surface area contributed by atoms with Crippen LogP contribution in [0.4, 0.5) is 5.69 Å². The van der Waals surface area contributed by atoms with Crippen LogP contribution in [0.2, 0.25) is 0 Å². The van der Waals surface area contributed by atoms with Crippen molar-refractivity contribution in [3.05, 3.63) is 66.2 Å². The van der Waals surface area contributed by atoms with Crippen molar-refractivity contribution >= 4 is 17.1 Å². The fourth-order valence-electron chi connectivity index (χ4n) is 3.72. The number of pyridine rings is 1. The molecular weight excluding hydrogens is 336 g/mol. The minimum atomic E-state index is 0.0430. The highest BCUT2D eigenvalue weighted by Crippen LogP contribution is 2.20. The molecule has 0 atom stereocenters. The molecule has 0 unspecified atom stereocenters. The molecule has 0 bridgehead atoms. The first-order valence-electron chi connectivity index (χ1n) is 9.68. The van der Waals surface area contributed by atoms with Crippen molar-refractivity contribution in [3.63, 3.8) is 0 Å². The highest BCUT2D eigenvalue weighted by molar-refractivity contribution is 5.99. The molecular formula is C22H26N4O. The summed E-state index contributed by atoms with van der Waals surface area (Å²) in [5.41, 5.74) is 2.71. The first-order valence-corrected chi connectivity index (χ1v) is 9.68. The maximum Gasteiger partial charge on any atom is 0.274 e. The number of hydrogen-bond donors (Lipinski definition) is 0. The molecule has 0 aliphatic carbocycles. The van der Waals surface area contributed by atoms with E-state index in [-0.39, 0.29) is 5.91 Å². The van der Waals surface area contributed by atoms with E-state index in [1.807, 2.05) is 35.4 Å². The number of nitrogens with zero attached hydrogens (tertiary/aromatic N) is 4. The Hall–Kier alpha value is -2.82. The topological polar surface area (TPSA) is 40.9 Å². The molecule has 1 amide bonds. The number of para-hydroxylation sites is 1. The van der Waals surface area contributed by atoms with Gasteiger partial charge in [0.25, 0.3) is 5.91 Å². The average molecular weight is 362 g/mol. The number of anilines is 1. The third kappa shape index (κ3) is 3.54. The summed E-state index contributed by atoms with van der Waals surface area (Å²) in [4.78, 5) is 22.2. The van der Waals surface area contributed by atoms with E-state index in [1.54, 1.807) is 0 Å². The lowest BCUT2D eigenvalue weighted by molar-refractivity contribution is 0.0743. The number of rotatable bonds is 4. The summed E-state index contributed by atoms with van der Waals surface area (Å²) < 4.78 is 2.06. The molecule has 3 heterocycles. The number of fused-ring (bicyclic) bond motifs is 1. The van der Waals surface area contributed by atoms with Crippen LogP contribution in [-0.4, -0.2) is 46.4 Å². The standard InChI is InChI=1S/C22H26N4O/c1-17(2)16-20-23-21(19-10-6-7-11-26(19)20)22(27)25-14-12-24(13-15-25)18-8-4-3-5-9-18/h3-11,17H,12-16H2,1-2H3. The van der Waals surface area contributed by atoms with Gasteiger partial charge in [-0.05, 0) is 30.2 Å². The lowest BCUT2D eigenvalue weighted by Crippen LogP contribution is -2.48. The average Bonchev–Trinajstić information content (AvgIpc) is 3.06. The minimum absolute atomic E-state index is 0.0430. The van der Waals surface area contributed by atoms with E-state index in [9.17, 15) is 4.79 Å². The maximum atomic E-state index is 13.2. The van der Waals surface area contributed by atoms with Gasteiger partial charge >= 0.3 is 0 Å². The van der Waals surface area contributed by atoms with Gasteiger partial charge in [-0.2, -0.15) is 0 Å². The Bertz CT molecular complexity index is 924. The third-order valence-corrected chi connectivity index (χ3v) is 5.10. The van der Waals surface area contributed by atoms with Crippen LogP contribution in [0.1, 0.15) is 30.2 Å². The van der Waals surface area contributed by atoms with Crippen LogP contribution in [0.15, 0.2) is 54.7 Å². The second-order valence-electron chi connectivity index (χ2n) is 7.55. The molecule has 0 spiro atoms. The number of aromatic nitrogens is 2. The van der Waals surface area contributed by atoms with Gasteiger partial charge < -0.3 is 14.2 Å². The van der Waals surface area contributed by atoms with Crippen LogP contribution in [0.25, 0.3) is 5.52 Å². The number of amides is 1. The molecule has 0 N–H and O–H groups in total. The Morgan fingerprint density at radius 1 is 1.00 bits per heavy atom. The fourth-order valence-corrected chi connectivity index (χ4v) is 3.72. The zero-order valence-corrected chi connectivity index (χ0v) is 16.0. The van der Waals surface area contributed by atoms with Gasteiger partial charge in [0, 0.05) is 44.5 Å². The summed E-state index contributed by atoms with van der Waals surface area (Å²) in [6.07, 6.45) is 2.87. The molecule has 27 heavy (non-hydrogen) atoms. The number of piperazine rings is 1. The Labute approximate surface area is 160 Å². The number of hydrogen-bond acceptors (Lipinski definition) is 3. The quantitative estimate of drug-likeness (QED) is 0.713. The molecule has 2 aromatic heterocycles. The summed E-state index contributed by atoms with van der Waals surface area (Å²) in [5, 5.41) is 0. The monoisotopic (exact) mass is 362 g/mol. The van der Waals surface area contributed by atoms with Crippen LogP contribution >= 0.6 is 0 Å². The molecule has 140 valence electrons. The van der Waals surface area contributed by atoms with Gasteiger partial charge in [-0.3, -0.25) is 4.79 Å². The smallest absolute Gasteiger partial charge is 0.274 e. The van der Waals surface area contributed by atoms with E-state index in [0.29, 0.717) is 11.6 Å². The Morgan fingerprint density at radius 2 is 1.70 bits per heavy atom. The van der Waals surface area contributed by atoms with E-state index in [4.69, 9.17) is 4.98 Å². The minimum Gasteiger partial charge on any atom is -0.368 e. The number of carbonyl (C=O) groups is 1. The number of carbonyl (C=O) groups excluding carboxylic acids is 1. The molecule has 5 heteroatoms. The first-order chi connectivity index (χ1) is 13.1. The third-order valence-electron chi connectivity index (χ3n) is 5.10. The Kier molecular flexibility index (Phi) is 4.84. The Morgan fingerprint density at radius 3 is 2.41 bits per heavy atom. The molecule has 0 radical (unpaired) electrons. The van der Waals surface area contributed by atoms with Gasteiger partial charge in [0.15, 0.2) is 5.69 Å². The van der Waals surface area contributed by atoms with E-state index >= 15 is 0 Å². The van der Waals surface area contributed by atoms with Crippen LogP contribution in [0.3, 0.4) is 0 Å². The van der Waals surface area contributed by atoms with Gasteiger partial charge in [0.2, 0.25) is 0 Å². The predicted molar refractivity (Wildman–Crippen MR) is 108 cm³/mol. The van der Waals surface area contributed by atoms with E-state index in [2.05, 4.69) is 47.4 Å². The zero-order valence-electron chi connectivity index (χ0n) is 16.0. The summed E-state index contributed by atoms with van der Waals surface area (Å²) in [6, 6.07) is 16.3. The normalized spacial score (nSPS) is 14.9. The van der Waals surface area contributed by atoms with E-state index in [1.165, 1.54) is 5.69 Å². The van der Waals surface area contributed by atoms with E-state index < -0.39 is 0 Å². The van der Waals surface area contributed by atoms with Gasteiger partial charge in [-0.25, -0.2) is 4.98 Å². The molecule has 1 aliphatic heterocycles. The van der Waals surface area contributed by atoms with Crippen molar-refractivity contribution in [2.24, 2.45) is 5.92 Å². The summed E-state index contributed by atoms with van der Waals surface area (Å²) in [5.74, 6) is 1.50. The van der Waals surface area contributed by atoms with Crippen molar-refractivity contribution in [1.29, 1.82) is 0 Å². The van der Waals surface area contributed by atoms with Crippen LogP contribution in [-0.2, 0) is 6.42 Å². The molecule has 1 aromatic carbocycles. The van der Waals surface area contributed by atoms with Crippen LogP contribution < -0.4 is 4.90 Å². The molecule has 3 aromatic rings. The highest BCUT2D eigenvalue weighted by Gasteiger charge is 2.26. The van der Waals surface area contributed by atoms with Gasteiger partial charge in [0.05, 0.1) is 5.52 Å². The maximum absolute atomic E-state index is 13.2. The number of benzene rings is 1. The summed E-state index contributed by atoms with van der Waals surface area (Å²) in [6.45, 7) is 7.49. The van der Waals surface area contributed by atoms with Gasteiger partial charge in [-0.15, -0.1) is 0 Å². The second kappa shape index (κ2) is 7.43. The SMILES string of the molecule is CC(C)Cc1nc(C(=O)N2CCN(c3ccccc3)CC2)c2ccccn12. The first kappa shape index (κ1) is 17.6. The second-order valence-corrected chi connectivity index (χ2v) is 7.55. The van der Waals surface area contributed by atoms with Crippen molar-refractivity contribution in [3.8, 4) is 0 Å². The van der Waals surface area contributed by atoms with Gasteiger partial charge in [-0.1, -0.05) is 38.1 Å². The molecule has 4 rings (SSSR count). The van der Waals surface area contributed by atoms with Crippen molar-refractivity contribution < 1.29 is 4.79 Å². The number of imidazole rings is 1. The fraction of sp³-hybridized carbons (Fsp3) is 0.364. The van der Waals surface area contributed by atoms with E-state index in [0.717, 1.165) is 43.9 Å². The van der Waals surface area contributed by atoms with Crippen LogP contribution in [0, 0.1) is 5.92 Å². The molecule has 1 saturated heterocycles. The zero-order chi connectivity index (χ0) is 18.8. The molecule has 0 saturated carbocycles. The van der Waals surface area contributed by atoms with Crippen molar-refractivity contribution in [2.45, 2.75) is 20.3 Å². The lowest BCUT2D eigenvalue weighted by Gasteiger charge is -2.35. The summed E-state index contributed by atoms with van der Waals surface area (Å²) >= 11 is 0. The molecule has 5 nitrogen and oxygen atoms in total. The van der Waals surface area contributed by atoms with Crippen LogP contribution in [0.5, 0.6) is 0 Å². The Balaban J connectivity index is 1.54. The largest absolute Gasteiger partial charge is 0.368 e. The van der Waals surface area contributed by atoms with Crippen molar-refractivity contribution in [1.82, 2.24) is 14.3 Å². The summed E-state index contributed by atoms with van der Waals surface area (Å²) in [7, 11) is 0.